The Balaban J connectivity index is 1.67. The van der Waals surface area contributed by atoms with Crippen LogP contribution < -0.4 is 4.74 Å². The first kappa shape index (κ1) is 23.0. The van der Waals surface area contributed by atoms with Gasteiger partial charge in [-0.2, -0.15) is 0 Å². The number of methoxy groups -OCH3 is 1. The van der Waals surface area contributed by atoms with Crippen molar-refractivity contribution in [2.45, 2.75) is 43.8 Å². The number of carbonyl (C=O) groups excluding carboxylic acids is 1. The normalized spacial score (nSPS) is 31.0. The van der Waals surface area contributed by atoms with Crippen molar-refractivity contribution in [1.82, 2.24) is 9.80 Å². The zero-order valence-electron chi connectivity index (χ0n) is 19.3. The Morgan fingerprint density at radius 3 is 2.72 bits per heavy atom. The standard InChI is InChI=1S/C26H36N2O4/c1-27-12-14-28(15-13-27)19-22-9-5-4-8-21(17-25-23(29)11-16-32-25)26(22,30)18-20-7-3-6-10-24(20)31-2/h3,6-7,10-11,16-17,22,25,30H,4-5,8-9,12-15,18-19H2,1-2H3. The Kier molecular flexibility index (Phi) is 7.33. The van der Waals surface area contributed by atoms with Crippen LogP contribution in [0.25, 0.3) is 0 Å². The van der Waals surface area contributed by atoms with Crippen LogP contribution in [0.5, 0.6) is 5.75 Å². The second-order valence-electron chi connectivity index (χ2n) is 9.41. The number of para-hydroxylation sites is 1. The minimum atomic E-state index is -1.05. The maximum absolute atomic E-state index is 12.4. The highest BCUT2D eigenvalue weighted by molar-refractivity contribution is 5.96. The predicted molar refractivity (Wildman–Crippen MR) is 125 cm³/mol. The second-order valence-corrected chi connectivity index (χ2v) is 9.41. The molecule has 0 amide bonds. The topological polar surface area (TPSA) is 62.2 Å². The molecule has 3 aliphatic rings. The van der Waals surface area contributed by atoms with E-state index in [1.807, 2.05) is 30.3 Å². The molecule has 2 fully saturated rings. The van der Waals surface area contributed by atoms with E-state index in [9.17, 15) is 9.90 Å². The van der Waals surface area contributed by atoms with Crippen LogP contribution in [0.4, 0.5) is 0 Å². The average molecular weight is 441 g/mol. The summed E-state index contributed by atoms with van der Waals surface area (Å²) in [6.07, 6.45) is 8.48. The highest BCUT2D eigenvalue weighted by Crippen LogP contribution is 2.41. The van der Waals surface area contributed by atoms with Crippen molar-refractivity contribution in [3.63, 3.8) is 0 Å². The van der Waals surface area contributed by atoms with E-state index in [4.69, 9.17) is 9.47 Å². The second kappa shape index (κ2) is 10.2. The van der Waals surface area contributed by atoms with Crippen molar-refractivity contribution >= 4 is 5.78 Å². The molecule has 2 heterocycles. The monoisotopic (exact) mass is 440 g/mol. The molecule has 2 aliphatic heterocycles. The average Bonchev–Trinajstić information content (AvgIpc) is 3.14. The minimum Gasteiger partial charge on any atom is -0.496 e. The van der Waals surface area contributed by atoms with E-state index in [0.29, 0.717) is 6.42 Å². The number of rotatable bonds is 6. The summed E-state index contributed by atoms with van der Waals surface area (Å²) < 4.78 is 11.1. The molecule has 1 saturated heterocycles. The van der Waals surface area contributed by atoms with Crippen LogP contribution in [0.15, 0.2) is 48.3 Å². The lowest BCUT2D eigenvalue weighted by atomic mass is 9.74. The van der Waals surface area contributed by atoms with Gasteiger partial charge in [0.1, 0.15) is 5.75 Å². The fourth-order valence-electron chi connectivity index (χ4n) is 5.29. The molecule has 174 valence electrons. The van der Waals surface area contributed by atoms with Gasteiger partial charge >= 0.3 is 0 Å². The van der Waals surface area contributed by atoms with Crippen LogP contribution in [0.3, 0.4) is 0 Å². The van der Waals surface area contributed by atoms with Gasteiger partial charge in [0.25, 0.3) is 0 Å². The quantitative estimate of drug-likeness (QED) is 0.542. The molecule has 4 rings (SSSR count). The molecule has 1 N–H and O–H groups in total. The molecule has 1 aliphatic carbocycles. The van der Waals surface area contributed by atoms with Crippen LogP contribution in [-0.2, 0) is 16.0 Å². The number of hydrogen-bond acceptors (Lipinski definition) is 6. The van der Waals surface area contributed by atoms with Crippen molar-refractivity contribution < 1.29 is 19.4 Å². The van der Waals surface area contributed by atoms with Crippen molar-refractivity contribution in [1.29, 1.82) is 0 Å². The van der Waals surface area contributed by atoms with Gasteiger partial charge in [0.05, 0.1) is 19.0 Å². The Morgan fingerprint density at radius 2 is 2.00 bits per heavy atom. The van der Waals surface area contributed by atoms with Gasteiger partial charge in [-0.1, -0.05) is 24.6 Å². The molecule has 0 aromatic heterocycles. The molecule has 6 heteroatoms. The molecular formula is C26H36N2O4. The molecule has 1 saturated carbocycles. The maximum Gasteiger partial charge on any atom is 0.203 e. The maximum atomic E-state index is 12.4. The highest BCUT2D eigenvalue weighted by atomic mass is 16.5. The lowest BCUT2D eigenvalue weighted by Crippen LogP contribution is -2.51. The molecule has 32 heavy (non-hydrogen) atoms. The minimum absolute atomic E-state index is 0.0583. The zero-order valence-corrected chi connectivity index (χ0v) is 19.3. The Hall–Kier alpha value is -2.15. The molecular weight excluding hydrogens is 404 g/mol. The smallest absolute Gasteiger partial charge is 0.203 e. The number of likely N-dealkylation sites (N-methyl/N-ethyl adjacent to an activating group) is 1. The van der Waals surface area contributed by atoms with Gasteiger partial charge in [0, 0.05) is 51.1 Å². The molecule has 1 aromatic carbocycles. The molecule has 0 radical (unpaired) electrons. The van der Waals surface area contributed by atoms with E-state index < -0.39 is 11.7 Å². The van der Waals surface area contributed by atoms with E-state index >= 15 is 0 Å². The first-order chi connectivity index (χ1) is 15.5. The lowest BCUT2D eigenvalue weighted by molar-refractivity contribution is -0.118. The van der Waals surface area contributed by atoms with Crippen LogP contribution >= 0.6 is 0 Å². The highest BCUT2D eigenvalue weighted by Gasteiger charge is 2.43. The van der Waals surface area contributed by atoms with Crippen molar-refractivity contribution in [2.75, 3.05) is 46.9 Å². The van der Waals surface area contributed by atoms with E-state index in [-0.39, 0.29) is 11.7 Å². The van der Waals surface area contributed by atoms with E-state index in [2.05, 4.69) is 16.8 Å². The van der Waals surface area contributed by atoms with Crippen molar-refractivity contribution in [3.05, 3.63) is 53.8 Å². The van der Waals surface area contributed by atoms with Gasteiger partial charge in [0.15, 0.2) is 6.10 Å². The molecule has 3 unspecified atom stereocenters. The Labute approximate surface area is 191 Å². The first-order valence-corrected chi connectivity index (χ1v) is 11.8. The number of hydrogen-bond donors (Lipinski definition) is 1. The van der Waals surface area contributed by atoms with Gasteiger partial charge in [-0.05, 0) is 49.6 Å². The number of aliphatic hydroxyl groups is 1. The first-order valence-electron chi connectivity index (χ1n) is 11.8. The van der Waals surface area contributed by atoms with E-state index in [1.165, 1.54) is 12.3 Å². The van der Waals surface area contributed by atoms with Crippen molar-refractivity contribution in [3.8, 4) is 5.75 Å². The summed E-state index contributed by atoms with van der Waals surface area (Å²) in [4.78, 5) is 17.1. The fourth-order valence-corrected chi connectivity index (χ4v) is 5.29. The molecule has 6 nitrogen and oxygen atoms in total. The van der Waals surface area contributed by atoms with Crippen LogP contribution in [-0.4, -0.2) is 79.3 Å². The number of benzene rings is 1. The van der Waals surface area contributed by atoms with Gasteiger partial charge in [-0.3, -0.25) is 4.79 Å². The third kappa shape index (κ3) is 5.08. The summed E-state index contributed by atoms with van der Waals surface area (Å²) in [5.74, 6) is 0.809. The van der Waals surface area contributed by atoms with Gasteiger partial charge < -0.3 is 24.4 Å². The molecule has 0 bridgehead atoms. The largest absolute Gasteiger partial charge is 0.496 e. The number of piperazine rings is 1. The number of ketones is 1. The van der Waals surface area contributed by atoms with E-state index in [0.717, 1.165) is 75.3 Å². The third-order valence-electron chi connectivity index (χ3n) is 7.30. The number of ether oxygens (including phenoxy) is 2. The summed E-state index contributed by atoms with van der Waals surface area (Å²) >= 11 is 0. The van der Waals surface area contributed by atoms with Gasteiger partial charge in [0.2, 0.25) is 5.78 Å². The van der Waals surface area contributed by atoms with Crippen LogP contribution in [0.1, 0.15) is 31.2 Å². The summed E-state index contributed by atoms with van der Waals surface area (Å²) in [7, 11) is 3.83. The SMILES string of the molecule is COc1ccccc1CC1(O)C(=CC2OC=CC2=O)CCCCC1CN1CCN(C)CC1. The summed E-state index contributed by atoms with van der Waals surface area (Å²) in [6.45, 7) is 5.00. The van der Waals surface area contributed by atoms with Crippen LogP contribution in [0.2, 0.25) is 0 Å². The molecule has 3 atom stereocenters. The zero-order chi connectivity index (χ0) is 22.6. The lowest BCUT2D eigenvalue weighted by Gasteiger charge is -2.42. The number of nitrogens with zero attached hydrogens (tertiary/aromatic N) is 2. The third-order valence-corrected chi connectivity index (χ3v) is 7.30. The fraction of sp³-hybridized carbons (Fsp3) is 0.577. The summed E-state index contributed by atoms with van der Waals surface area (Å²) in [5, 5.41) is 12.4. The molecule has 0 spiro atoms. The Bertz CT molecular complexity index is 859. The molecule has 1 aromatic rings. The number of carbonyl (C=O) groups is 1. The van der Waals surface area contributed by atoms with Gasteiger partial charge in [-0.25, -0.2) is 0 Å². The van der Waals surface area contributed by atoms with E-state index in [1.54, 1.807) is 7.11 Å². The van der Waals surface area contributed by atoms with Gasteiger partial charge in [-0.15, -0.1) is 0 Å². The summed E-state index contributed by atoms with van der Waals surface area (Å²) in [5.41, 5.74) is 0.869. The summed E-state index contributed by atoms with van der Waals surface area (Å²) in [6, 6.07) is 7.92. The predicted octanol–water partition coefficient (Wildman–Crippen LogP) is 2.81. The van der Waals surface area contributed by atoms with Crippen molar-refractivity contribution in [2.24, 2.45) is 5.92 Å². The van der Waals surface area contributed by atoms with Crippen LogP contribution in [0, 0.1) is 5.92 Å². The Morgan fingerprint density at radius 1 is 1.22 bits per heavy atom.